The van der Waals surface area contributed by atoms with Crippen LogP contribution in [0.4, 0.5) is 0 Å². The fourth-order valence-electron chi connectivity index (χ4n) is 1.02. The van der Waals surface area contributed by atoms with Gasteiger partial charge < -0.3 is 4.74 Å². The van der Waals surface area contributed by atoms with Crippen molar-refractivity contribution >= 4 is 11.6 Å². The van der Waals surface area contributed by atoms with E-state index in [4.69, 9.17) is 16.3 Å². The SMILES string of the molecule is C=CCc1cc(Cl)cc(OC)c1. The Morgan fingerprint density at radius 3 is 2.83 bits per heavy atom. The highest BCUT2D eigenvalue weighted by molar-refractivity contribution is 6.30. The van der Waals surface area contributed by atoms with Crippen LogP contribution in [0.25, 0.3) is 0 Å². The van der Waals surface area contributed by atoms with Gasteiger partial charge in [-0.25, -0.2) is 0 Å². The van der Waals surface area contributed by atoms with E-state index in [0.717, 1.165) is 17.7 Å². The number of ether oxygens (including phenoxy) is 1. The zero-order valence-corrected chi connectivity index (χ0v) is 7.77. The number of halogens is 1. The zero-order valence-electron chi connectivity index (χ0n) is 7.01. The van der Waals surface area contributed by atoms with Gasteiger partial charge in [-0.15, -0.1) is 6.58 Å². The van der Waals surface area contributed by atoms with Crippen LogP contribution >= 0.6 is 11.6 Å². The molecule has 0 aliphatic rings. The first-order valence-corrected chi connectivity index (χ1v) is 4.08. The maximum atomic E-state index is 5.85. The Morgan fingerprint density at radius 1 is 1.50 bits per heavy atom. The fourth-order valence-corrected chi connectivity index (χ4v) is 1.27. The van der Waals surface area contributed by atoms with Crippen molar-refractivity contribution in [2.24, 2.45) is 0 Å². The van der Waals surface area contributed by atoms with E-state index < -0.39 is 0 Å². The first-order chi connectivity index (χ1) is 5.76. The number of hydrogen-bond donors (Lipinski definition) is 0. The summed E-state index contributed by atoms with van der Waals surface area (Å²) in [5.74, 6) is 0.791. The minimum atomic E-state index is 0.700. The standard InChI is InChI=1S/C10H11ClO/c1-3-4-8-5-9(11)7-10(6-8)12-2/h3,5-7H,1,4H2,2H3. The second kappa shape index (κ2) is 4.17. The Morgan fingerprint density at radius 2 is 2.25 bits per heavy atom. The highest BCUT2D eigenvalue weighted by atomic mass is 35.5. The molecule has 1 aromatic rings. The predicted octanol–water partition coefficient (Wildman–Crippen LogP) is 3.08. The third kappa shape index (κ3) is 2.28. The molecule has 1 aromatic carbocycles. The van der Waals surface area contributed by atoms with Gasteiger partial charge >= 0.3 is 0 Å². The highest BCUT2D eigenvalue weighted by Crippen LogP contribution is 2.20. The molecule has 0 radical (unpaired) electrons. The summed E-state index contributed by atoms with van der Waals surface area (Å²) in [6.07, 6.45) is 2.65. The molecule has 0 N–H and O–H groups in total. The van der Waals surface area contributed by atoms with Gasteiger partial charge in [0, 0.05) is 5.02 Å². The van der Waals surface area contributed by atoms with Gasteiger partial charge in [0.05, 0.1) is 7.11 Å². The molecule has 0 atom stereocenters. The van der Waals surface area contributed by atoms with Crippen LogP contribution in [0.1, 0.15) is 5.56 Å². The van der Waals surface area contributed by atoms with E-state index in [1.54, 1.807) is 13.2 Å². The average molecular weight is 183 g/mol. The second-order valence-corrected chi connectivity index (χ2v) is 2.93. The van der Waals surface area contributed by atoms with Gasteiger partial charge in [0.25, 0.3) is 0 Å². The van der Waals surface area contributed by atoms with Crippen molar-refractivity contribution in [1.29, 1.82) is 0 Å². The summed E-state index contributed by atoms with van der Waals surface area (Å²) in [6, 6.07) is 5.65. The normalized spacial score (nSPS) is 9.50. The van der Waals surface area contributed by atoms with Gasteiger partial charge in [0.2, 0.25) is 0 Å². The molecule has 2 heteroatoms. The summed E-state index contributed by atoms with van der Waals surface area (Å²) >= 11 is 5.85. The summed E-state index contributed by atoms with van der Waals surface area (Å²) in [6.45, 7) is 3.66. The maximum absolute atomic E-state index is 5.85. The minimum Gasteiger partial charge on any atom is -0.497 e. The lowest BCUT2D eigenvalue weighted by atomic mass is 10.1. The largest absolute Gasteiger partial charge is 0.497 e. The summed E-state index contributed by atoms with van der Waals surface area (Å²) in [4.78, 5) is 0. The molecular weight excluding hydrogens is 172 g/mol. The highest BCUT2D eigenvalue weighted by Gasteiger charge is 1.97. The van der Waals surface area contributed by atoms with Crippen LogP contribution in [0.5, 0.6) is 5.75 Å². The van der Waals surface area contributed by atoms with Crippen LogP contribution in [0.3, 0.4) is 0 Å². The maximum Gasteiger partial charge on any atom is 0.120 e. The van der Waals surface area contributed by atoms with E-state index in [9.17, 15) is 0 Å². The Balaban J connectivity index is 2.97. The molecule has 1 rings (SSSR count). The van der Waals surface area contributed by atoms with Gasteiger partial charge in [-0.2, -0.15) is 0 Å². The lowest BCUT2D eigenvalue weighted by molar-refractivity contribution is 0.414. The van der Waals surface area contributed by atoms with Crippen LogP contribution in [0.2, 0.25) is 5.02 Å². The summed E-state index contributed by atoms with van der Waals surface area (Å²) in [7, 11) is 1.63. The van der Waals surface area contributed by atoms with Gasteiger partial charge in [-0.1, -0.05) is 17.7 Å². The van der Waals surface area contributed by atoms with Crippen molar-refractivity contribution in [2.75, 3.05) is 7.11 Å². The van der Waals surface area contributed by atoms with Crippen LogP contribution in [-0.4, -0.2) is 7.11 Å². The second-order valence-electron chi connectivity index (χ2n) is 2.49. The Kier molecular flexibility index (Phi) is 3.18. The summed E-state index contributed by atoms with van der Waals surface area (Å²) in [5, 5.41) is 0.700. The van der Waals surface area contributed by atoms with E-state index in [1.165, 1.54) is 0 Å². The fraction of sp³-hybridized carbons (Fsp3) is 0.200. The molecule has 0 bridgehead atoms. The number of rotatable bonds is 3. The molecular formula is C10H11ClO. The first kappa shape index (κ1) is 9.14. The molecule has 64 valence electrons. The minimum absolute atomic E-state index is 0.700. The Bertz CT molecular complexity index is 281. The average Bonchev–Trinajstić information content (AvgIpc) is 2.04. The Labute approximate surface area is 77.6 Å². The van der Waals surface area contributed by atoms with Crippen LogP contribution in [-0.2, 0) is 6.42 Å². The molecule has 0 saturated heterocycles. The van der Waals surface area contributed by atoms with E-state index in [-0.39, 0.29) is 0 Å². The molecule has 0 amide bonds. The summed E-state index contributed by atoms with van der Waals surface area (Å²) < 4.78 is 5.06. The van der Waals surface area contributed by atoms with Crippen LogP contribution < -0.4 is 4.74 Å². The molecule has 1 nitrogen and oxygen atoms in total. The van der Waals surface area contributed by atoms with Crippen molar-refractivity contribution in [3.8, 4) is 5.75 Å². The number of benzene rings is 1. The van der Waals surface area contributed by atoms with Crippen LogP contribution in [0.15, 0.2) is 30.9 Å². The van der Waals surface area contributed by atoms with Gasteiger partial charge in [0.15, 0.2) is 0 Å². The number of hydrogen-bond acceptors (Lipinski definition) is 1. The number of methoxy groups -OCH3 is 1. The number of allylic oxidation sites excluding steroid dienone is 1. The Hall–Kier alpha value is -0.950. The van der Waals surface area contributed by atoms with Crippen molar-refractivity contribution < 1.29 is 4.74 Å². The lowest BCUT2D eigenvalue weighted by Gasteiger charge is -2.03. The lowest BCUT2D eigenvalue weighted by Crippen LogP contribution is -1.86. The molecule has 0 aliphatic heterocycles. The molecule has 0 fully saturated rings. The van der Waals surface area contributed by atoms with E-state index in [1.807, 2.05) is 18.2 Å². The third-order valence-corrected chi connectivity index (χ3v) is 1.77. The molecule has 0 spiro atoms. The third-order valence-electron chi connectivity index (χ3n) is 1.55. The van der Waals surface area contributed by atoms with Gasteiger partial charge in [-0.05, 0) is 30.2 Å². The van der Waals surface area contributed by atoms with E-state index in [2.05, 4.69) is 6.58 Å². The predicted molar refractivity (Wildman–Crippen MR) is 51.9 cm³/mol. The smallest absolute Gasteiger partial charge is 0.120 e. The van der Waals surface area contributed by atoms with Gasteiger partial charge in [0.1, 0.15) is 5.75 Å². The van der Waals surface area contributed by atoms with Crippen molar-refractivity contribution in [3.63, 3.8) is 0 Å². The topological polar surface area (TPSA) is 9.23 Å². The van der Waals surface area contributed by atoms with E-state index in [0.29, 0.717) is 5.02 Å². The molecule has 0 aliphatic carbocycles. The summed E-state index contributed by atoms with van der Waals surface area (Å²) in [5.41, 5.74) is 1.12. The van der Waals surface area contributed by atoms with Gasteiger partial charge in [-0.3, -0.25) is 0 Å². The first-order valence-electron chi connectivity index (χ1n) is 3.70. The molecule has 12 heavy (non-hydrogen) atoms. The molecule has 0 unspecified atom stereocenters. The molecule has 0 heterocycles. The molecule has 0 saturated carbocycles. The monoisotopic (exact) mass is 182 g/mol. The molecule has 0 aromatic heterocycles. The van der Waals surface area contributed by atoms with Crippen LogP contribution in [0, 0.1) is 0 Å². The zero-order chi connectivity index (χ0) is 8.97. The van der Waals surface area contributed by atoms with E-state index >= 15 is 0 Å². The van der Waals surface area contributed by atoms with Crippen molar-refractivity contribution in [2.45, 2.75) is 6.42 Å². The van der Waals surface area contributed by atoms with Crippen molar-refractivity contribution in [3.05, 3.63) is 41.4 Å². The van der Waals surface area contributed by atoms with Crippen molar-refractivity contribution in [1.82, 2.24) is 0 Å². The quantitative estimate of drug-likeness (QED) is 0.653.